The van der Waals surface area contributed by atoms with E-state index >= 15 is 0 Å². The quantitative estimate of drug-likeness (QED) is 0.547. The lowest BCUT2D eigenvalue weighted by molar-refractivity contribution is 0.0688. The molecule has 1 saturated heterocycles. The third-order valence-electron chi connectivity index (χ3n) is 5.48. The molecule has 0 saturated carbocycles. The summed E-state index contributed by atoms with van der Waals surface area (Å²) in [5.41, 5.74) is 0.602. The maximum atomic E-state index is 13.1. The Balaban J connectivity index is 1.57. The van der Waals surface area contributed by atoms with Gasteiger partial charge in [0.15, 0.2) is 11.5 Å². The highest BCUT2D eigenvalue weighted by Crippen LogP contribution is 2.24. The predicted molar refractivity (Wildman–Crippen MR) is 120 cm³/mol. The fraction of sp³-hybridized carbons (Fsp3) is 0.333. The van der Waals surface area contributed by atoms with Crippen LogP contribution < -0.4 is 5.43 Å². The lowest BCUT2D eigenvalue weighted by Gasteiger charge is -2.33. The predicted octanol–water partition coefficient (Wildman–Crippen LogP) is 1.95. The molecule has 0 N–H and O–H groups in total. The van der Waals surface area contributed by atoms with Gasteiger partial charge in [-0.1, -0.05) is 28.9 Å². The van der Waals surface area contributed by atoms with Crippen molar-refractivity contribution in [2.75, 3.05) is 26.2 Å². The minimum atomic E-state index is -3.81. The van der Waals surface area contributed by atoms with E-state index in [1.54, 1.807) is 45.0 Å². The van der Waals surface area contributed by atoms with Gasteiger partial charge in [0.25, 0.3) is 5.91 Å². The second-order valence-corrected chi connectivity index (χ2v) is 9.99. The van der Waals surface area contributed by atoms with E-state index in [-0.39, 0.29) is 48.2 Å². The van der Waals surface area contributed by atoms with Gasteiger partial charge in [-0.2, -0.15) is 9.40 Å². The highest BCUT2D eigenvalue weighted by Gasteiger charge is 2.35. The van der Waals surface area contributed by atoms with Crippen molar-refractivity contribution in [1.29, 1.82) is 0 Å². The van der Waals surface area contributed by atoms with Crippen LogP contribution in [0.1, 0.15) is 27.6 Å². The summed E-state index contributed by atoms with van der Waals surface area (Å²) in [6, 6.07) is 8.31. The molecule has 0 aliphatic carbocycles. The van der Waals surface area contributed by atoms with Crippen molar-refractivity contribution in [3.63, 3.8) is 0 Å². The summed E-state index contributed by atoms with van der Waals surface area (Å²) in [6.45, 7) is 5.18. The first-order valence-electron chi connectivity index (χ1n) is 10.2. The minimum Gasteiger partial charge on any atom is -0.360 e. The smallest absolute Gasteiger partial charge is 0.278 e. The maximum absolute atomic E-state index is 13.1. The molecule has 0 bridgehead atoms. The fourth-order valence-electron chi connectivity index (χ4n) is 3.82. The standard InChI is InChI=1S/C21H22ClN5O5S/c1-13-12-18(28)19(23-27(13)17-7-5-4-6-16(17)22)21(29)25-8-10-26(11-9-25)33(30,31)20-14(2)24-32-15(20)3/h4-7,12H,8-11H2,1-3H3. The molecule has 1 aliphatic heterocycles. The van der Waals surface area contributed by atoms with Crippen LogP contribution in [0, 0.1) is 20.8 Å². The Morgan fingerprint density at radius 1 is 1.09 bits per heavy atom. The highest BCUT2D eigenvalue weighted by molar-refractivity contribution is 7.89. The molecule has 0 unspecified atom stereocenters. The molecule has 1 fully saturated rings. The van der Waals surface area contributed by atoms with Crippen LogP contribution >= 0.6 is 11.6 Å². The summed E-state index contributed by atoms with van der Waals surface area (Å²) in [4.78, 5) is 27.2. The van der Waals surface area contributed by atoms with Crippen molar-refractivity contribution in [1.82, 2.24) is 24.1 Å². The first-order valence-corrected chi connectivity index (χ1v) is 12.0. The summed E-state index contributed by atoms with van der Waals surface area (Å²) in [6.07, 6.45) is 0. The number of aryl methyl sites for hydroxylation is 3. The number of para-hydroxylation sites is 1. The van der Waals surface area contributed by atoms with E-state index in [9.17, 15) is 18.0 Å². The Morgan fingerprint density at radius 2 is 1.76 bits per heavy atom. The molecule has 3 aromatic rings. The number of halogens is 1. The first kappa shape index (κ1) is 23.1. The lowest BCUT2D eigenvalue weighted by atomic mass is 10.2. The highest BCUT2D eigenvalue weighted by atomic mass is 35.5. The number of sulfonamides is 1. The van der Waals surface area contributed by atoms with Gasteiger partial charge in [-0.3, -0.25) is 9.59 Å². The molecule has 1 aromatic carbocycles. The molecular formula is C21H22ClN5O5S. The zero-order chi connectivity index (χ0) is 23.9. The normalized spacial score (nSPS) is 15.1. The topological polar surface area (TPSA) is 119 Å². The number of rotatable bonds is 4. The van der Waals surface area contributed by atoms with E-state index in [1.165, 1.54) is 20.0 Å². The van der Waals surface area contributed by atoms with Gasteiger partial charge in [-0.25, -0.2) is 13.1 Å². The molecular weight excluding hydrogens is 470 g/mol. The summed E-state index contributed by atoms with van der Waals surface area (Å²) in [5, 5.41) is 8.43. The zero-order valence-electron chi connectivity index (χ0n) is 18.3. The number of aromatic nitrogens is 3. The Kier molecular flexibility index (Phi) is 6.12. The number of carbonyl (C=O) groups is 1. The molecule has 0 radical (unpaired) electrons. The molecule has 0 spiro atoms. The van der Waals surface area contributed by atoms with E-state index in [2.05, 4.69) is 10.3 Å². The van der Waals surface area contributed by atoms with E-state index in [1.807, 2.05) is 0 Å². The molecule has 2 aromatic heterocycles. The maximum Gasteiger partial charge on any atom is 0.278 e. The molecule has 10 nitrogen and oxygen atoms in total. The van der Waals surface area contributed by atoms with Gasteiger partial charge in [0.05, 0.1) is 10.7 Å². The Hall–Kier alpha value is -3.02. The molecule has 4 rings (SSSR count). The van der Waals surface area contributed by atoms with E-state index in [4.69, 9.17) is 16.1 Å². The van der Waals surface area contributed by atoms with Crippen LogP contribution in [-0.2, 0) is 10.0 Å². The van der Waals surface area contributed by atoms with Crippen molar-refractivity contribution in [3.05, 3.63) is 68.4 Å². The molecule has 0 atom stereocenters. The summed E-state index contributed by atoms with van der Waals surface area (Å²) >= 11 is 6.27. The summed E-state index contributed by atoms with van der Waals surface area (Å²) < 4.78 is 33.7. The molecule has 1 amide bonds. The average molecular weight is 492 g/mol. The number of carbonyl (C=O) groups excluding carboxylic acids is 1. The molecule has 1 aliphatic rings. The number of benzene rings is 1. The first-order chi connectivity index (χ1) is 15.6. The van der Waals surface area contributed by atoms with Gasteiger partial charge in [0.1, 0.15) is 10.6 Å². The third kappa shape index (κ3) is 4.19. The zero-order valence-corrected chi connectivity index (χ0v) is 19.9. The lowest BCUT2D eigenvalue weighted by Crippen LogP contribution is -2.51. The van der Waals surface area contributed by atoms with E-state index in [0.717, 1.165) is 0 Å². The van der Waals surface area contributed by atoms with Gasteiger partial charge in [-0.15, -0.1) is 0 Å². The number of hydrogen-bond donors (Lipinski definition) is 0. The molecule has 12 heteroatoms. The monoisotopic (exact) mass is 491 g/mol. The molecule has 174 valence electrons. The number of nitrogens with zero attached hydrogens (tertiary/aromatic N) is 5. The van der Waals surface area contributed by atoms with Crippen LogP contribution in [0.25, 0.3) is 5.69 Å². The number of piperazine rings is 1. The SMILES string of the molecule is Cc1noc(C)c1S(=O)(=O)N1CCN(C(=O)c2nn(-c3ccccc3Cl)c(C)cc2=O)CC1. The van der Waals surface area contributed by atoms with Crippen LogP contribution in [0.4, 0.5) is 0 Å². The second-order valence-electron chi connectivity index (χ2n) is 7.71. The van der Waals surface area contributed by atoms with Crippen LogP contribution in [0.3, 0.4) is 0 Å². The fourth-order valence-corrected chi connectivity index (χ4v) is 5.75. The molecule has 3 heterocycles. The third-order valence-corrected chi connectivity index (χ3v) is 7.95. The number of hydrogen-bond acceptors (Lipinski definition) is 7. The van der Waals surface area contributed by atoms with Gasteiger partial charge < -0.3 is 9.42 Å². The summed E-state index contributed by atoms with van der Waals surface area (Å²) in [7, 11) is -3.81. The van der Waals surface area contributed by atoms with Gasteiger partial charge in [0, 0.05) is 37.9 Å². The van der Waals surface area contributed by atoms with Crippen LogP contribution in [0.5, 0.6) is 0 Å². The Morgan fingerprint density at radius 3 is 2.36 bits per heavy atom. The summed E-state index contributed by atoms with van der Waals surface area (Å²) in [5.74, 6) is -0.342. The van der Waals surface area contributed by atoms with Crippen molar-refractivity contribution in [2.24, 2.45) is 0 Å². The van der Waals surface area contributed by atoms with E-state index in [0.29, 0.717) is 16.4 Å². The van der Waals surface area contributed by atoms with Crippen LogP contribution in [-0.4, -0.2) is 64.6 Å². The Labute approximate surface area is 195 Å². The largest absolute Gasteiger partial charge is 0.360 e. The van der Waals surface area contributed by atoms with E-state index < -0.39 is 21.4 Å². The van der Waals surface area contributed by atoms with Crippen molar-refractivity contribution in [2.45, 2.75) is 25.7 Å². The van der Waals surface area contributed by atoms with Crippen LogP contribution in [0.15, 0.2) is 44.5 Å². The average Bonchev–Trinajstić information content (AvgIpc) is 3.13. The van der Waals surface area contributed by atoms with Gasteiger partial charge in [0.2, 0.25) is 15.5 Å². The van der Waals surface area contributed by atoms with Crippen molar-refractivity contribution < 1.29 is 17.7 Å². The Bertz CT molecular complexity index is 1370. The van der Waals surface area contributed by atoms with Crippen molar-refractivity contribution >= 4 is 27.5 Å². The second kappa shape index (κ2) is 8.73. The van der Waals surface area contributed by atoms with Crippen LogP contribution in [0.2, 0.25) is 5.02 Å². The van der Waals surface area contributed by atoms with Crippen molar-refractivity contribution in [3.8, 4) is 5.69 Å². The minimum absolute atomic E-state index is 0.0464. The van der Waals surface area contributed by atoms with Gasteiger partial charge in [-0.05, 0) is 32.9 Å². The van der Waals surface area contributed by atoms with Gasteiger partial charge >= 0.3 is 0 Å². The number of amides is 1. The molecule has 33 heavy (non-hydrogen) atoms.